The van der Waals surface area contributed by atoms with Crippen LogP contribution >= 0.6 is 0 Å². The van der Waals surface area contributed by atoms with Crippen LogP contribution in [-0.2, 0) is 20.7 Å². The van der Waals surface area contributed by atoms with E-state index in [-0.39, 0.29) is 11.8 Å². The quantitative estimate of drug-likeness (QED) is 0.777. The number of ether oxygens (including phenoxy) is 1. The number of H-pyrrole nitrogens is 1. The highest BCUT2D eigenvalue weighted by molar-refractivity contribution is 6.02. The average molecular weight is 249 g/mol. The molecule has 6 heteroatoms. The molecule has 3 rings (SSSR count). The predicted octanol–water partition coefficient (Wildman–Crippen LogP) is 0.259. The van der Waals surface area contributed by atoms with Gasteiger partial charge in [0.05, 0.1) is 0 Å². The maximum absolute atomic E-state index is 11.9. The first-order chi connectivity index (χ1) is 8.75. The van der Waals surface area contributed by atoms with E-state index in [2.05, 4.69) is 9.97 Å². The molecule has 1 N–H and O–H groups in total. The molecule has 2 saturated heterocycles. The average Bonchev–Trinajstić information content (AvgIpc) is 3.01. The molecule has 2 fully saturated rings. The summed E-state index contributed by atoms with van der Waals surface area (Å²) in [6.07, 6.45) is 5.48. The van der Waals surface area contributed by atoms with E-state index >= 15 is 0 Å². The van der Waals surface area contributed by atoms with Crippen LogP contribution in [0.4, 0.5) is 0 Å². The van der Waals surface area contributed by atoms with E-state index in [1.165, 1.54) is 4.90 Å². The van der Waals surface area contributed by atoms with E-state index in [1.54, 1.807) is 12.4 Å². The minimum Gasteiger partial charge on any atom is -0.355 e. The number of fused-ring (bicyclic) bond motifs is 2. The molecule has 1 aromatic rings. The van der Waals surface area contributed by atoms with Gasteiger partial charge < -0.3 is 9.72 Å². The molecule has 2 aliphatic rings. The highest BCUT2D eigenvalue weighted by Crippen LogP contribution is 2.28. The van der Waals surface area contributed by atoms with Gasteiger partial charge in [-0.1, -0.05) is 0 Å². The van der Waals surface area contributed by atoms with Gasteiger partial charge in [-0.15, -0.1) is 0 Å². The molecule has 0 radical (unpaired) electrons. The van der Waals surface area contributed by atoms with Gasteiger partial charge in [0.1, 0.15) is 18.0 Å². The number of amides is 2. The second-order valence-corrected chi connectivity index (χ2v) is 4.66. The fraction of sp³-hybridized carbons (Fsp3) is 0.583. The molecule has 2 bridgehead atoms. The summed E-state index contributed by atoms with van der Waals surface area (Å²) < 4.78 is 5.34. The number of hydrogen-bond donors (Lipinski definition) is 1. The second kappa shape index (κ2) is 4.53. The Balaban J connectivity index is 1.58. The lowest BCUT2D eigenvalue weighted by atomic mass is 10.2. The fourth-order valence-electron chi connectivity index (χ4n) is 2.52. The number of imide groups is 1. The van der Waals surface area contributed by atoms with Crippen molar-refractivity contribution in [3.05, 3.63) is 18.2 Å². The molecule has 0 spiro atoms. The van der Waals surface area contributed by atoms with Crippen LogP contribution in [0.5, 0.6) is 0 Å². The molecule has 18 heavy (non-hydrogen) atoms. The molecule has 6 nitrogen and oxygen atoms in total. The van der Waals surface area contributed by atoms with Crippen molar-refractivity contribution in [1.82, 2.24) is 14.9 Å². The summed E-state index contributed by atoms with van der Waals surface area (Å²) in [6, 6.07) is 0. The number of aromatic amines is 1. The van der Waals surface area contributed by atoms with E-state index in [1.807, 2.05) is 0 Å². The molecule has 0 saturated carbocycles. The Morgan fingerprint density at radius 2 is 2.06 bits per heavy atom. The van der Waals surface area contributed by atoms with Gasteiger partial charge in [0, 0.05) is 25.4 Å². The van der Waals surface area contributed by atoms with Gasteiger partial charge in [-0.25, -0.2) is 4.98 Å². The van der Waals surface area contributed by atoms with Crippen molar-refractivity contribution < 1.29 is 14.3 Å². The molecule has 2 aliphatic heterocycles. The molecular formula is C12H15N3O3. The molecule has 0 aliphatic carbocycles. The SMILES string of the molecule is O=C1C2CCC(O2)C(=O)N1CCCc1ncc[nH]1. The largest absolute Gasteiger partial charge is 0.355 e. The van der Waals surface area contributed by atoms with Crippen molar-refractivity contribution >= 4 is 11.8 Å². The van der Waals surface area contributed by atoms with Gasteiger partial charge in [-0.2, -0.15) is 0 Å². The van der Waals surface area contributed by atoms with Gasteiger partial charge in [0.2, 0.25) is 0 Å². The summed E-state index contributed by atoms with van der Waals surface area (Å²) >= 11 is 0. The summed E-state index contributed by atoms with van der Waals surface area (Å²) in [5.41, 5.74) is 0. The minimum absolute atomic E-state index is 0.173. The lowest BCUT2D eigenvalue weighted by Gasteiger charge is -2.29. The zero-order chi connectivity index (χ0) is 12.5. The zero-order valence-electron chi connectivity index (χ0n) is 9.96. The third kappa shape index (κ3) is 1.92. The number of carbonyl (C=O) groups excluding carboxylic acids is 2. The molecule has 96 valence electrons. The number of nitrogens with one attached hydrogen (secondary N) is 1. The monoisotopic (exact) mass is 249 g/mol. The Morgan fingerprint density at radius 1 is 1.33 bits per heavy atom. The Bertz CT molecular complexity index is 435. The van der Waals surface area contributed by atoms with Crippen molar-refractivity contribution in [2.45, 2.75) is 37.9 Å². The Hall–Kier alpha value is -1.69. The van der Waals surface area contributed by atoms with Crippen LogP contribution in [0.25, 0.3) is 0 Å². The maximum Gasteiger partial charge on any atom is 0.258 e. The fourth-order valence-corrected chi connectivity index (χ4v) is 2.52. The number of morpholine rings is 1. The van der Waals surface area contributed by atoms with Crippen LogP contribution in [0.2, 0.25) is 0 Å². The van der Waals surface area contributed by atoms with E-state index in [4.69, 9.17) is 4.74 Å². The summed E-state index contributed by atoms with van der Waals surface area (Å²) in [6.45, 7) is 0.453. The van der Waals surface area contributed by atoms with E-state index in [0.29, 0.717) is 19.4 Å². The molecular weight excluding hydrogens is 234 g/mol. The zero-order valence-corrected chi connectivity index (χ0v) is 9.96. The van der Waals surface area contributed by atoms with Crippen LogP contribution in [0.1, 0.15) is 25.1 Å². The Kier molecular flexibility index (Phi) is 2.87. The molecule has 3 heterocycles. The highest BCUT2D eigenvalue weighted by atomic mass is 16.5. The second-order valence-electron chi connectivity index (χ2n) is 4.66. The standard InChI is InChI=1S/C12H15N3O3/c16-11-8-3-4-9(18-8)12(17)15(11)7-1-2-10-13-5-6-14-10/h5-6,8-9H,1-4,7H2,(H,13,14). The van der Waals surface area contributed by atoms with Crippen LogP contribution in [0.3, 0.4) is 0 Å². The number of nitrogens with zero attached hydrogens (tertiary/aromatic N) is 2. The Labute approximate surface area is 104 Å². The first kappa shape index (κ1) is 11.4. The number of likely N-dealkylation sites (tertiary alicyclic amines) is 1. The van der Waals surface area contributed by atoms with E-state index < -0.39 is 12.2 Å². The van der Waals surface area contributed by atoms with Crippen molar-refractivity contribution in [1.29, 1.82) is 0 Å². The number of carbonyl (C=O) groups is 2. The van der Waals surface area contributed by atoms with Crippen LogP contribution in [0, 0.1) is 0 Å². The molecule has 2 amide bonds. The van der Waals surface area contributed by atoms with Crippen molar-refractivity contribution in [2.24, 2.45) is 0 Å². The van der Waals surface area contributed by atoms with E-state index in [0.717, 1.165) is 18.7 Å². The molecule has 2 unspecified atom stereocenters. The van der Waals surface area contributed by atoms with Gasteiger partial charge in [0.25, 0.3) is 11.8 Å². The van der Waals surface area contributed by atoms with Gasteiger partial charge in [-0.3, -0.25) is 14.5 Å². The number of aryl methyl sites for hydroxylation is 1. The Morgan fingerprint density at radius 3 is 2.67 bits per heavy atom. The summed E-state index contributed by atoms with van der Waals surface area (Å²) in [5.74, 6) is 0.535. The number of imidazole rings is 1. The van der Waals surface area contributed by atoms with Crippen molar-refractivity contribution in [2.75, 3.05) is 6.54 Å². The summed E-state index contributed by atoms with van der Waals surface area (Å²) in [7, 11) is 0. The highest BCUT2D eigenvalue weighted by Gasteiger charge is 2.45. The predicted molar refractivity (Wildman–Crippen MR) is 61.5 cm³/mol. The lowest BCUT2D eigenvalue weighted by Crippen LogP contribution is -2.51. The first-order valence-corrected chi connectivity index (χ1v) is 6.24. The first-order valence-electron chi connectivity index (χ1n) is 6.24. The number of aromatic nitrogens is 2. The van der Waals surface area contributed by atoms with Crippen LogP contribution in [-0.4, -0.2) is 45.4 Å². The van der Waals surface area contributed by atoms with E-state index in [9.17, 15) is 9.59 Å². The van der Waals surface area contributed by atoms with Crippen molar-refractivity contribution in [3.8, 4) is 0 Å². The molecule has 1 aromatic heterocycles. The van der Waals surface area contributed by atoms with Gasteiger partial charge in [-0.05, 0) is 19.3 Å². The third-order valence-corrected chi connectivity index (χ3v) is 3.45. The lowest BCUT2D eigenvalue weighted by molar-refractivity contribution is -0.168. The van der Waals surface area contributed by atoms with Crippen LogP contribution < -0.4 is 0 Å². The van der Waals surface area contributed by atoms with Gasteiger partial charge >= 0.3 is 0 Å². The normalized spacial score (nSPS) is 27.0. The third-order valence-electron chi connectivity index (χ3n) is 3.45. The summed E-state index contributed by atoms with van der Waals surface area (Å²) in [5, 5.41) is 0. The maximum atomic E-state index is 11.9. The topological polar surface area (TPSA) is 75.3 Å². The van der Waals surface area contributed by atoms with Gasteiger partial charge in [0.15, 0.2) is 0 Å². The summed E-state index contributed by atoms with van der Waals surface area (Å²) in [4.78, 5) is 32.4. The smallest absolute Gasteiger partial charge is 0.258 e. The minimum atomic E-state index is -0.392. The number of hydrogen-bond acceptors (Lipinski definition) is 4. The van der Waals surface area contributed by atoms with Crippen molar-refractivity contribution in [3.63, 3.8) is 0 Å². The molecule has 2 atom stereocenters. The molecule has 0 aromatic carbocycles. The van der Waals surface area contributed by atoms with Crippen LogP contribution in [0.15, 0.2) is 12.4 Å². The number of rotatable bonds is 4.